The SMILES string of the molecule is CCCCN(CCCC)CC(O)c1cc2c(Cl)cccc2c2ccccc12. The second-order valence-electron chi connectivity index (χ2n) is 7.37. The minimum absolute atomic E-state index is 0.524. The fourth-order valence-electron chi connectivity index (χ4n) is 3.80. The quantitative estimate of drug-likeness (QED) is 0.421. The molecule has 1 atom stereocenters. The molecular weight excluding hydrogens is 354 g/mol. The standard InChI is InChI=1S/C24H30ClNO/c1-3-5-14-26(15-6-4-2)17-24(27)22-16-21-19(12-9-13-23(21)25)18-10-7-8-11-20(18)22/h7-13,16,24,27H,3-6,14-15,17H2,1-2H3. The first-order valence-corrected chi connectivity index (χ1v) is 10.5. The van der Waals surface area contributed by atoms with Crippen molar-refractivity contribution in [3.8, 4) is 0 Å². The molecule has 3 heteroatoms. The molecule has 0 aliphatic rings. The van der Waals surface area contributed by atoms with Crippen molar-refractivity contribution < 1.29 is 5.11 Å². The van der Waals surface area contributed by atoms with E-state index in [-0.39, 0.29) is 0 Å². The van der Waals surface area contributed by atoms with Gasteiger partial charge in [-0.3, -0.25) is 0 Å². The van der Waals surface area contributed by atoms with Crippen molar-refractivity contribution >= 4 is 33.1 Å². The van der Waals surface area contributed by atoms with Crippen molar-refractivity contribution in [1.82, 2.24) is 4.90 Å². The van der Waals surface area contributed by atoms with Crippen LogP contribution < -0.4 is 0 Å². The third-order valence-corrected chi connectivity index (χ3v) is 5.66. The summed E-state index contributed by atoms with van der Waals surface area (Å²) in [5, 5.41) is 16.3. The summed E-state index contributed by atoms with van der Waals surface area (Å²) in [7, 11) is 0. The van der Waals surface area contributed by atoms with E-state index in [1.807, 2.05) is 24.3 Å². The summed E-state index contributed by atoms with van der Waals surface area (Å²) in [6.07, 6.45) is 4.16. The van der Waals surface area contributed by atoms with Gasteiger partial charge in [0.05, 0.1) is 6.10 Å². The molecule has 27 heavy (non-hydrogen) atoms. The summed E-state index contributed by atoms with van der Waals surface area (Å²) in [4.78, 5) is 2.41. The summed E-state index contributed by atoms with van der Waals surface area (Å²) in [6, 6.07) is 16.4. The second-order valence-corrected chi connectivity index (χ2v) is 7.78. The molecule has 0 aliphatic heterocycles. The number of hydrogen-bond donors (Lipinski definition) is 1. The zero-order valence-corrected chi connectivity index (χ0v) is 17.2. The fourth-order valence-corrected chi connectivity index (χ4v) is 4.03. The average molecular weight is 384 g/mol. The van der Waals surface area contributed by atoms with E-state index >= 15 is 0 Å². The number of rotatable bonds is 9. The van der Waals surface area contributed by atoms with E-state index in [0.29, 0.717) is 6.54 Å². The molecule has 0 radical (unpaired) electrons. The predicted molar refractivity (Wildman–Crippen MR) is 118 cm³/mol. The number of benzene rings is 3. The molecule has 0 fully saturated rings. The van der Waals surface area contributed by atoms with Crippen LogP contribution in [0.15, 0.2) is 48.5 Å². The summed E-state index contributed by atoms with van der Waals surface area (Å²) in [6.45, 7) is 7.18. The highest BCUT2D eigenvalue weighted by atomic mass is 35.5. The smallest absolute Gasteiger partial charge is 0.0923 e. The molecule has 0 aliphatic carbocycles. The van der Waals surface area contributed by atoms with Crippen LogP contribution in [0.1, 0.15) is 51.2 Å². The lowest BCUT2D eigenvalue weighted by Gasteiger charge is -2.26. The topological polar surface area (TPSA) is 23.5 Å². The van der Waals surface area contributed by atoms with Gasteiger partial charge < -0.3 is 10.0 Å². The second kappa shape index (κ2) is 9.54. The van der Waals surface area contributed by atoms with E-state index in [4.69, 9.17) is 11.6 Å². The molecule has 0 aromatic heterocycles. The lowest BCUT2D eigenvalue weighted by atomic mass is 9.94. The minimum atomic E-state index is -0.524. The maximum atomic E-state index is 11.2. The largest absolute Gasteiger partial charge is 0.387 e. The van der Waals surface area contributed by atoms with Crippen molar-refractivity contribution in [2.24, 2.45) is 0 Å². The van der Waals surface area contributed by atoms with Gasteiger partial charge in [0.15, 0.2) is 0 Å². The van der Waals surface area contributed by atoms with E-state index in [1.165, 1.54) is 25.7 Å². The summed E-state index contributed by atoms with van der Waals surface area (Å²) < 4.78 is 0. The Morgan fingerprint density at radius 1 is 0.852 bits per heavy atom. The first kappa shape index (κ1) is 20.1. The molecule has 3 rings (SSSR count). The molecule has 0 heterocycles. The number of hydrogen-bond acceptors (Lipinski definition) is 2. The van der Waals surface area contributed by atoms with Crippen LogP contribution in [0.5, 0.6) is 0 Å². The van der Waals surface area contributed by atoms with E-state index in [1.54, 1.807) is 0 Å². The Morgan fingerprint density at radius 2 is 1.44 bits per heavy atom. The summed E-state index contributed by atoms with van der Waals surface area (Å²) in [5.74, 6) is 0. The number of aliphatic hydroxyl groups is 1. The van der Waals surface area contributed by atoms with E-state index in [9.17, 15) is 5.11 Å². The van der Waals surface area contributed by atoms with Crippen molar-refractivity contribution in [3.63, 3.8) is 0 Å². The number of fused-ring (bicyclic) bond motifs is 3. The normalized spacial score (nSPS) is 12.9. The maximum absolute atomic E-state index is 11.2. The lowest BCUT2D eigenvalue weighted by Crippen LogP contribution is -2.30. The average Bonchev–Trinajstić information content (AvgIpc) is 2.69. The Labute approximate surface area is 167 Å². The van der Waals surface area contributed by atoms with Gasteiger partial charge in [-0.1, -0.05) is 74.7 Å². The van der Waals surface area contributed by atoms with Crippen LogP contribution in [0.4, 0.5) is 0 Å². The number of nitrogens with zero attached hydrogens (tertiary/aromatic N) is 1. The highest BCUT2D eigenvalue weighted by Crippen LogP contribution is 2.35. The summed E-state index contributed by atoms with van der Waals surface area (Å²) in [5.41, 5.74) is 0.976. The zero-order valence-electron chi connectivity index (χ0n) is 16.4. The van der Waals surface area contributed by atoms with Gasteiger partial charge in [0, 0.05) is 17.0 Å². The Morgan fingerprint density at radius 3 is 2.11 bits per heavy atom. The highest BCUT2D eigenvalue weighted by Gasteiger charge is 2.18. The molecule has 0 saturated heterocycles. The molecule has 144 valence electrons. The Bertz CT molecular complexity index is 884. The van der Waals surface area contributed by atoms with Crippen LogP contribution in [0.25, 0.3) is 21.5 Å². The van der Waals surface area contributed by atoms with Gasteiger partial charge in [-0.2, -0.15) is 0 Å². The van der Waals surface area contributed by atoms with Gasteiger partial charge in [-0.05, 0) is 59.8 Å². The number of unbranched alkanes of at least 4 members (excludes halogenated alkanes) is 2. The highest BCUT2D eigenvalue weighted by molar-refractivity contribution is 6.36. The fraction of sp³-hybridized carbons (Fsp3) is 0.417. The molecule has 0 saturated carbocycles. The van der Waals surface area contributed by atoms with E-state index < -0.39 is 6.10 Å². The van der Waals surface area contributed by atoms with Crippen molar-refractivity contribution in [2.45, 2.75) is 45.6 Å². The summed E-state index contributed by atoms with van der Waals surface area (Å²) >= 11 is 6.48. The van der Waals surface area contributed by atoms with E-state index in [2.05, 4.69) is 43.0 Å². The van der Waals surface area contributed by atoms with Gasteiger partial charge in [-0.15, -0.1) is 0 Å². The van der Waals surface area contributed by atoms with Crippen LogP contribution in [-0.4, -0.2) is 29.6 Å². The molecular formula is C24H30ClNO. The number of halogens is 1. The molecule has 2 nitrogen and oxygen atoms in total. The minimum Gasteiger partial charge on any atom is -0.387 e. The van der Waals surface area contributed by atoms with Crippen molar-refractivity contribution in [1.29, 1.82) is 0 Å². The van der Waals surface area contributed by atoms with Crippen LogP contribution >= 0.6 is 11.6 Å². The molecule has 3 aromatic carbocycles. The van der Waals surface area contributed by atoms with Crippen molar-refractivity contribution in [3.05, 3.63) is 59.1 Å². The van der Waals surface area contributed by atoms with Gasteiger partial charge in [0.1, 0.15) is 0 Å². The van der Waals surface area contributed by atoms with Gasteiger partial charge in [0.25, 0.3) is 0 Å². The molecule has 3 aromatic rings. The van der Waals surface area contributed by atoms with Gasteiger partial charge in [-0.25, -0.2) is 0 Å². The lowest BCUT2D eigenvalue weighted by molar-refractivity contribution is 0.112. The first-order valence-electron chi connectivity index (χ1n) is 10.2. The maximum Gasteiger partial charge on any atom is 0.0923 e. The number of aliphatic hydroxyl groups excluding tert-OH is 1. The molecule has 0 amide bonds. The van der Waals surface area contributed by atoms with Crippen LogP contribution in [0.2, 0.25) is 5.02 Å². The third-order valence-electron chi connectivity index (χ3n) is 5.33. The molecule has 0 bridgehead atoms. The zero-order chi connectivity index (χ0) is 19.2. The van der Waals surface area contributed by atoms with Gasteiger partial charge in [0.2, 0.25) is 0 Å². The molecule has 1 unspecified atom stereocenters. The van der Waals surface area contributed by atoms with Gasteiger partial charge >= 0.3 is 0 Å². The predicted octanol–water partition coefficient (Wildman–Crippen LogP) is 6.58. The molecule has 0 spiro atoms. The van der Waals surface area contributed by atoms with E-state index in [0.717, 1.165) is 45.2 Å². The molecule has 1 N–H and O–H groups in total. The third kappa shape index (κ3) is 4.63. The van der Waals surface area contributed by atoms with Crippen LogP contribution in [-0.2, 0) is 0 Å². The van der Waals surface area contributed by atoms with Crippen molar-refractivity contribution in [2.75, 3.05) is 19.6 Å². The first-order chi connectivity index (χ1) is 13.2. The Balaban J connectivity index is 1.99. The van der Waals surface area contributed by atoms with Crippen LogP contribution in [0, 0.1) is 0 Å². The Kier molecular flexibility index (Phi) is 7.12. The van der Waals surface area contributed by atoms with Crippen LogP contribution in [0.3, 0.4) is 0 Å². The monoisotopic (exact) mass is 383 g/mol. The Hall–Kier alpha value is -1.61.